The highest BCUT2D eigenvalue weighted by Gasteiger charge is 2.23. The molecule has 0 fully saturated rings. The van der Waals surface area contributed by atoms with Crippen LogP contribution in [0.4, 0.5) is 8.78 Å². The Kier molecular flexibility index (Phi) is 6.08. The van der Waals surface area contributed by atoms with Gasteiger partial charge in [-0.1, -0.05) is 26.0 Å². The van der Waals surface area contributed by atoms with Gasteiger partial charge in [0.1, 0.15) is 5.75 Å². The Balaban J connectivity index is 2.78. The standard InChI is InChI=1S/C14H17F2NO4/c1-8(2)10(13(19)20)7-17-12(18)9-5-3-4-6-11(9)21-14(15)16/h3-6,8,10,14H,7H2,1-2H3,(H,17,18)(H,19,20). The normalized spacial score (nSPS) is 12.3. The molecular formula is C14H17F2NO4. The largest absolute Gasteiger partial charge is 0.481 e. The molecule has 0 spiro atoms. The third-order valence-electron chi connectivity index (χ3n) is 2.95. The highest BCUT2D eigenvalue weighted by molar-refractivity contribution is 5.97. The maximum Gasteiger partial charge on any atom is 0.387 e. The number of halogens is 2. The number of carbonyl (C=O) groups is 2. The van der Waals surface area contributed by atoms with Gasteiger partial charge in [-0.2, -0.15) is 8.78 Å². The van der Waals surface area contributed by atoms with Crippen molar-refractivity contribution < 1.29 is 28.2 Å². The third-order valence-corrected chi connectivity index (χ3v) is 2.95. The monoisotopic (exact) mass is 301 g/mol. The van der Waals surface area contributed by atoms with E-state index in [-0.39, 0.29) is 23.8 Å². The van der Waals surface area contributed by atoms with Gasteiger partial charge in [0.25, 0.3) is 5.91 Å². The number of alkyl halides is 2. The Labute approximate surface area is 120 Å². The van der Waals surface area contributed by atoms with Crippen LogP contribution in [-0.2, 0) is 4.79 Å². The fraction of sp³-hybridized carbons (Fsp3) is 0.429. The van der Waals surface area contributed by atoms with Gasteiger partial charge >= 0.3 is 12.6 Å². The van der Waals surface area contributed by atoms with Crippen LogP contribution in [0.3, 0.4) is 0 Å². The highest BCUT2D eigenvalue weighted by Crippen LogP contribution is 2.20. The summed E-state index contributed by atoms with van der Waals surface area (Å²) in [5.41, 5.74) is -0.0642. The number of nitrogens with one attached hydrogen (secondary N) is 1. The first-order valence-electron chi connectivity index (χ1n) is 6.37. The van der Waals surface area contributed by atoms with Crippen molar-refractivity contribution in [2.75, 3.05) is 6.54 Å². The minimum Gasteiger partial charge on any atom is -0.481 e. The van der Waals surface area contributed by atoms with E-state index in [9.17, 15) is 18.4 Å². The molecule has 1 amide bonds. The second-order valence-electron chi connectivity index (χ2n) is 4.77. The number of hydrogen-bond donors (Lipinski definition) is 2. The van der Waals surface area contributed by atoms with Crippen LogP contribution in [0, 0.1) is 11.8 Å². The van der Waals surface area contributed by atoms with Crippen LogP contribution in [0.15, 0.2) is 24.3 Å². The molecule has 5 nitrogen and oxygen atoms in total. The van der Waals surface area contributed by atoms with E-state index >= 15 is 0 Å². The molecule has 0 heterocycles. The number of aliphatic carboxylic acids is 1. The Morgan fingerprint density at radius 1 is 1.29 bits per heavy atom. The van der Waals surface area contributed by atoms with Gasteiger partial charge in [0.2, 0.25) is 0 Å². The van der Waals surface area contributed by atoms with Crippen LogP contribution < -0.4 is 10.1 Å². The smallest absolute Gasteiger partial charge is 0.387 e. The van der Waals surface area contributed by atoms with Gasteiger partial charge in [0.15, 0.2) is 0 Å². The first-order valence-corrected chi connectivity index (χ1v) is 6.37. The number of benzene rings is 1. The summed E-state index contributed by atoms with van der Waals surface area (Å²) in [5, 5.41) is 11.5. The average molecular weight is 301 g/mol. The number of ether oxygens (including phenoxy) is 1. The minimum atomic E-state index is -3.04. The molecule has 0 aromatic heterocycles. The van der Waals surface area contributed by atoms with Gasteiger partial charge in [-0.05, 0) is 18.1 Å². The molecule has 7 heteroatoms. The van der Waals surface area contributed by atoms with Crippen molar-refractivity contribution in [3.05, 3.63) is 29.8 Å². The summed E-state index contributed by atoms with van der Waals surface area (Å²) >= 11 is 0. The summed E-state index contributed by atoms with van der Waals surface area (Å²) in [5.74, 6) is -2.85. The molecule has 1 aromatic carbocycles. The van der Waals surface area contributed by atoms with E-state index in [0.29, 0.717) is 0 Å². The summed E-state index contributed by atoms with van der Waals surface area (Å²) in [6.07, 6.45) is 0. The van der Waals surface area contributed by atoms with Crippen molar-refractivity contribution in [3.63, 3.8) is 0 Å². The second kappa shape index (κ2) is 7.56. The maximum atomic E-state index is 12.3. The molecule has 0 aliphatic rings. The lowest BCUT2D eigenvalue weighted by Crippen LogP contribution is -2.35. The van der Waals surface area contributed by atoms with Crippen molar-refractivity contribution in [2.24, 2.45) is 11.8 Å². The lowest BCUT2D eigenvalue weighted by molar-refractivity contribution is -0.142. The van der Waals surface area contributed by atoms with Crippen LogP contribution in [0.5, 0.6) is 5.75 Å². The van der Waals surface area contributed by atoms with Crippen LogP contribution in [0.1, 0.15) is 24.2 Å². The van der Waals surface area contributed by atoms with E-state index in [1.54, 1.807) is 13.8 Å². The van der Waals surface area contributed by atoms with Crippen LogP contribution in [0.2, 0.25) is 0 Å². The van der Waals surface area contributed by atoms with E-state index < -0.39 is 24.4 Å². The molecule has 1 atom stereocenters. The SMILES string of the molecule is CC(C)C(CNC(=O)c1ccccc1OC(F)F)C(=O)O. The maximum absolute atomic E-state index is 12.3. The first kappa shape index (κ1) is 16.9. The molecule has 116 valence electrons. The Hall–Kier alpha value is -2.18. The zero-order valence-corrected chi connectivity index (χ0v) is 11.7. The fourth-order valence-corrected chi connectivity index (χ4v) is 1.76. The number of carboxylic acids is 1. The van der Waals surface area contributed by atoms with Gasteiger partial charge in [0.05, 0.1) is 11.5 Å². The third kappa shape index (κ3) is 5.02. The molecule has 1 aromatic rings. The molecule has 1 unspecified atom stereocenters. The lowest BCUT2D eigenvalue weighted by atomic mass is 9.96. The Morgan fingerprint density at radius 2 is 1.90 bits per heavy atom. The quantitative estimate of drug-likeness (QED) is 0.810. The molecule has 0 radical (unpaired) electrons. The molecule has 0 bridgehead atoms. The molecular weight excluding hydrogens is 284 g/mol. The number of carboxylic acid groups (broad SMARTS) is 1. The fourth-order valence-electron chi connectivity index (χ4n) is 1.76. The minimum absolute atomic E-state index is 0.0642. The summed E-state index contributed by atoms with van der Waals surface area (Å²) < 4.78 is 28.8. The van der Waals surface area contributed by atoms with Gasteiger partial charge in [-0.25, -0.2) is 0 Å². The summed E-state index contributed by atoms with van der Waals surface area (Å²) in [7, 11) is 0. The zero-order valence-electron chi connectivity index (χ0n) is 11.7. The van der Waals surface area contributed by atoms with Crippen LogP contribution in [-0.4, -0.2) is 30.1 Å². The molecule has 0 aliphatic carbocycles. The Morgan fingerprint density at radius 3 is 2.43 bits per heavy atom. The van der Waals surface area contributed by atoms with E-state index in [1.807, 2.05) is 0 Å². The molecule has 21 heavy (non-hydrogen) atoms. The number of para-hydroxylation sites is 1. The first-order chi connectivity index (χ1) is 9.82. The summed E-state index contributed by atoms with van der Waals surface area (Å²) in [6.45, 7) is 0.313. The molecule has 1 rings (SSSR count). The number of hydrogen-bond acceptors (Lipinski definition) is 3. The average Bonchev–Trinajstić information content (AvgIpc) is 2.37. The molecule has 0 saturated carbocycles. The van der Waals surface area contributed by atoms with E-state index in [0.717, 1.165) is 0 Å². The van der Waals surface area contributed by atoms with E-state index in [4.69, 9.17) is 5.11 Å². The highest BCUT2D eigenvalue weighted by atomic mass is 19.3. The van der Waals surface area contributed by atoms with Crippen molar-refractivity contribution in [2.45, 2.75) is 20.5 Å². The van der Waals surface area contributed by atoms with Gasteiger partial charge in [0, 0.05) is 6.54 Å². The number of amides is 1. The number of rotatable bonds is 7. The van der Waals surface area contributed by atoms with Crippen molar-refractivity contribution in [1.82, 2.24) is 5.32 Å². The second-order valence-corrected chi connectivity index (χ2v) is 4.77. The Bertz CT molecular complexity index is 506. The van der Waals surface area contributed by atoms with Crippen molar-refractivity contribution in [1.29, 1.82) is 0 Å². The predicted octanol–water partition coefficient (Wildman–Crippen LogP) is 2.37. The lowest BCUT2D eigenvalue weighted by Gasteiger charge is -2.17. The van der Waals surface area contributed by atoms with E-state index in [1.165, 1.54) is 24.3 Å². The van der Waals surface area contributed by atoms with Crippen molar-refractivity contribution in [3.8, 4) is 5.75 Å². The van der Waals surface area contributed by atoms with Crippen LogP contribution in [0.25, 0.3) is 0 Å². The van der Waals surface area contributed by atoms with Gasteiger partial charge < -0.3 is 15.2 Å². The van der Waals surface area contributed by atoms with Gasteiger partial charge in [-0.3, -0.25) is 9.59 Å². The topological polar surface area (TPSA) is 75.6 Å². The van der Waals surface area contributed by atoms with Crippen LogP contribution >= 0.6 is 0 Å². The molecule has 2 N–H and O–H groups in total. The summed E-state index contributed by atoms with van der Waals surface area (Å²) in [4.78, 5) is 23.0. The summed E-state index contributed by atoms with van der Waals surface area (Å²) in [6, 6.07) is 5.55. The van der Waals surface area contributed by atoms with Gasteiger partial charge in [-0.15, -0.1) is 0 Å². The number of carbonyl (C=O) groups excluding carboxylic acids is 1. The van der Waals surface area contributed by atoms with E-state index in [2.05, 4.69) is 10.1 Å². The zero-order chi connectivity index (χ0) is 16.0. The molecule has 0 saturated heterocycles. The predicted molar refractivity (Wildman–Crippen MR) is 71.4 cm³/mol. The molecule has 0 aliphatic heterocycles. The van der Waals surface area contributed by atoms with Crippen molar-refractivity contribution >= 4 is 11.9 Å².